The lowest BCUT2D eigenvalue weighted by Gasteiger charge is -2.42. The lowest BCUT2D eigenvalue weighted by atomic mass is 9.98. The molecule has 15 nitrogen and oxygen atoms in total. The molecule has 8 atom stereocenters. The van der Waals surface area contributed by atoms with E-state index >= 15 is 0 Å². The SMILES string of the molecule is COc1cc(O)c2c(=O)c(O[C@@H]3O[C@H](CO)[C@H](O)[C@@H](O)[C@H]3O[C@@H]3OC[C@@](O)(CO)[C@@H]3O)c(-c3ccc(O)cc3)oc2c1. The number of hydrogen-bond acceptors (Lipinski definition) is 15. The van der Waals surface area contributed by atoms with Gasteiger partial charge in [-0.2, -0.15) is 0 Å². The zero-order valence-electron chi connectivity index (χ0n) is 22.1. The molecule has 0 radical (unpaired) electrons. The smallest absolute Gasteiger partial charge is 0.239 e. The molecule has 0 amide bonds. The van der Waals surface area contributed by atoms with Gasteiger partial charge in [0.2, 0.25) is 17.5 Å². The van der Waals surface area contributed by atoms with Crippen LogP contribution in [-0.4, -0.2) is 116 Å². The third kappa shape index (κ3) is 5.26. The van der Waals surface area contributed by atoms with Crippen LogP contribution in [0, 0.1) is 0 Å². The largest absolute Gasteiger partial charge is 0.508 e. The van der Waals surface area contributed by atoms with Crippen LogP contribution in [0.3, 0.4) is 0 Å². The summed E-state index contributed by atoms with van der Waals surface area (Å²) in [6.07, 6.45) is -11.9. The van der Waals surface area contributed by atoms with Crippen molar-refractivity contribution >= 4 is 11.0 Å². The molecule has 3 heterocycles. The third-order valence-corrected chi connectivity index (χ3v) is 7.20. The number of aliphatic hydroxyl groups is 6. The maximum Gasteiger partial charge on any atom is 0.239 e. The minimum atomic E-state index is -2.09. The fraction of sp³-hybridized carbons (Fsp3) is 0.444. The quantitative estimate of drug-likeness (QED) is 0.148. The maximum absolute atomic E-state index is 13.8. The van der Waals surface area contributed by atoms with Crippen LogP contribution in [0.4, 0.5) is 0 Å². The fourth-order valence-electron chi connectivity index (χ4n) is 4.76. The molecule has 2 aromatic carbocycles. The first-order valence-corrected chi connectivity index (χ1v) is 12.8. The molecule has 2 aliphatic heterocycles. The number of aliphatic hydroxyl groups excluding tert-OH is 5. The summed E-state index contributed by atoms with van der Waals surface area (Å²) < 4.78 is 33.6. The number of benzene rings is 2. The third-order valence-electron chi connectivity index (χ3n) is 7.20. The van der Waals surface area contributed by atoms with Gasteiger partial charge >= 0.3 is 0 Å². The van der Waals surface area contributed by atoms with E-state index in [1.807, 2.05) is 0 Å². The van der Waals surface area contributed by atoms with Crippen molar-refractivity contribution in [1.29, 1.82) is 0 Å². The Morgan fingerprint density at radius 3 is 2.36 bits per heavy atom. The molecule has 1 aromatic heterocycles. The van der Waals surface area contributed by atoms with Crippen LogP contribution in [0.15, 0.2) is 45.6 Å². The Morgan fingerprint density at radius 1 is 1.02 bits per heavy atom. The Balaban J connectivity index is 1.61. The molecule has 0 spiro atoms. The molecule has 2 saturated heterocycles. The van der Waals surface area contributed by atoms with Gasteiger partial charge in [0.15, 0.2) is 18.2 Å². The number of phenols is 2. The van der Waals surface area contributed by atoms with E-state index in [2.05, 4.69) is 0 Å². The lowest BCUT2D eigenvalue weighted by Crippen LogP contribution is -2.62. The molecule has 0 unspecified atom stereocenters. The zero-order valence-corrected chi connectivity index (χ0v) is 22.1. The van der Waals surface area contributed by atoms with Gasteiger partial charge in [0, 0.05) is 17.7 Å². The van der Waals surface area contributed by atoms with E-state index in [9.17, 15) is 45.6 Å². The van der Waals surface area contributed by atoms with E-state index in [4.69, 9.17) is 28.1 Å². The first kappa shape index (κ1) is 30.0. The van der Waals surface area contributed by atoms with Gasteiger partial charge in [0.05, 0.1) is 26.9 Å². The summed E-state index contributed by atoms with van der Waals surface area (Å²) in [6.45, 7) is -2.20. The molecule has 8 N–H and O–H groups in total. The highest BCUT2D eigenvalue weighted by Crippen LogP contribution is 2.38. The second-order valence-corrected chi connectivity index (χ2v) is 9.97. The monoisotopic (exact) mass is 594 g/mol. The number of fused-ring (bicyclic) bond motifs is 1. The molecule has 15 heteroatoms. The van der Waals surface area contributed by atoms with E-state index in [0.29, 0.717) is 0 Å². The van der Waals surface area contributed by atoms with E-state index in [1.165, 1.54) is 43.5 Å². The summed E-state index contributed by atoms with van der Waals surface area (Å²) in [7, 11) is 1.35. The van der Waals surface area contributed by atoms with Crippen molar-refractivity contribution in [3.63, 3.8) is 0 Å². The van der Waals surface area contributed by atoms with E-state index < -0.39 is 85.4 Å². The predicted molar refractivity (Wildman–Crippen MR) is 139 cm³/mol. The van der Waals surface area contributed by atoms with Crippen molar-refractivity contribution in [2.45, 2.75) is 48.7 Å². The average molecular weight is 595 g/mol. The first-order valence-electron chi connectivity index (χ1n) is 12.8. The number of aromatic hydroxyl groups is 2. The van der Waals surface area contributed by atoms with Crippen molar-refractivity contribution in [2.75, 3.05) is 26.9 Å². The molecule has 0 bridgehead atoms. The summed E-state index contributed by atoms with van der Waals surface area (Å²) >= 11 is 0. The zero-order chi connectivity index (χ0) is 30.3. The summed E-state index contributed by atoms with van der Waals surface area (Å²) in [5, 5.41) is 81.5. The molecule has 5 rings (SSSR count). The van der Waals surface area contributed by atoms with E-state index in [1.54, 1.807) is 0 Å². The van der Waals surface area contributed by atoms with Gasteiger partial charge in [-0.25, -0.2) is 0 Å². The van der Waals surface area contributed by atoms with Gasteiger partial charge in [-0.3, -0.25) is 4.79 Å². The number of hydrogen-bond donors (Lipinski definition) is 8. The van der Waals surface area contributed by atoms with Crippen LogP contribution < -0.4 is 14.9 Å². The lowest BCUT2D eigenvalue weighted by molar-refractivity contribution is -0.319. The topological polar surface area (TPSA) is 238 Å². The number of methoxy groups -OCH3 is 1. The summed E-state index contributed by atoms with van der Waals surface area (Å²) in [6, 6.07) is 7.99. The molecule has 3 aromatic rings. The van der Waals surface area contributed by atoms with Gasteiger partial charge in [0.1, 0.15) is 58.2 Å². The van der Waals surface area contributed by atoms with Crippen LogP contribution in [0.5, 0.6) is 23.0 Å². The molecular formula is C27H30O15. The Kier molecular flexibility index (Phi) is 8.30. The van der Waals surface area contributed by atoms with Crippen LogP contribution >= 0.6 is 0 Å². The normalized spacial score (nSPS) is 31.4. The molecule has 228 valence electrons. The summed E-state index contributed by atoms with van der Waals surface area (Å²) in [4.78, 5) is 13.8. The van der Waals surface area contributed by atoms with E-state index in [-0.39, 0.29) is 33.8 Å². The van der Waals surface area contributed by atoms with Crippen LogP contribution in [-0.2, 0) is 14.2 Å². The Bertz CT molecular complexity index is 1470. The van der Waals surface area contributed by atoms with Crippen LogP contribution in [0.1, 0.15) is 0 Å². The van der Waals surface area contributed by atoms with Crippen molar-refractivity contribution in [3.05, 3.63) is 46.6 Å². The highest BCUT2D eigenvalue weighted by atomic mass is 16.8. The van der Waals surface area contributed by atoms with Gasteiger partial charge < -0.3 is 69.0 Å². The van der Waals surface area contributed by atoms with Crippen LogP contribution in [0.25, 0.3) is 22.3 Å². The van der Waals surface area contributed by atoms with Crippen molar-refractivity contribution in [3.8, 4) is 34.3 Å². The summed E-state index contributed by atoms with van der Waals surface area (Å²) in [5.41, 5.74) is -2.83. The average Bonchev–Trinajstić information content (AvgIpc) is 3.27. The minimum Gasteiger partial charge on any atom is -0.508 e. The van der Waals surface area contributed by atoms with Crippen LogP contribution in [0.2, 0.25) is 0 Å². The molecule has 42 heavy (non-hydrogen) atoms. The number of rotatable bonds is 8. The molecule has 2 fully saturated rings. The minimum absolute atomic E-state index is 0.0842. The summed E-state index contributed by atoms with van der Waals surface area (Å²) in [5.74, 6) is -1.17. The predicted octanol–water partition coefficient (Wildman–Crippen LogP) is -1.48. The van der Waals surface area contributed by atoms with Gasteiger partial charge in [-0.05, 0) is 24.3 Å². The highest BCUT2D eigenvalue weighted by molar-refractivity contribution is 5.88. The Hall–Kier alpha value is -3.51. The van der Waals surface area contributed by atoms with Crippen molar-refractivity contribution in [2.24, 2.45) is 0 Å². The van der Waals surface area contributed by atoms with Gasteiger partial charge in [0.25, 0.3) is 0 Å². The Labute approximate surface area is 236 Å². The fourth-order valence-corrected chi connectivity index (χ4v) is 4.76. The standard InChI is InChI=1S/C27H30O15/c1-37-13-6-14(31)17-15(7-13)39-21(11-2-4-12(30)5-3-11)22(19(17)33)41-25-23(20(34)18(32)16(8-28)40-25)42-26-24(35)27(36,9-29)10-38-26/h2-7,16,18,20,23-26,28-32,34-36H,8-10H2,1H3/t16-,18+,20-,23-,24-,25+,26+,27+/m1/s1. The van der Waals surface area contributed by atoms with Crippen molar-refractivity contribution < 1.29 is 69.0 Å². The second-order valence-electron chi connectivity index (χ2n) is 9.97. The molecule has 0 saturated carbocycles. The Morgan fingerprint density at radius 2 is 1.74 bits per heavy atom. The molecule has 0 aliphatic carbocycles. The molecular weight excluding hydrogens is 564 g/mol. The van der Waals surface area contributed by atoms with Gasteiger partial charge in [-0.1, -0.05) is 0 Å². The van der Waals surface area contributed by atoms with Crippen molar-refractivity contribution in [1.82, 2.24) is 0 Å². The first-order chi connectivity index (χ1) is 20.0. The van der Waals surface area contributed by atoms with Gasteiger partial charge in [-0.15, -0.1) is 0 Å². The highest BCUT2D eigenvalue weighted by Gasteiger charge is 2.53. The van der Waals surface area contributed by atoms with E-state index in [0.717, 1.165) is 0 Å². The number of phenolic OH excluding ortho intramolecular Hbond substituents is 2. The molecule has 2 aliphatic rings. The maximum atomic E-state index is 13.8. The second kappa shape index (κ2) is 11.6. The number of ether oxygens (including phenoxy) is 5.